The van der Waals surface area contributed by atoms with E-state index in [9.17, 15) is 9.18 Å². The van der Waals surface area contributed by atoms with Gasteiger partial charge in [-0.25, -0.2) is 9.18 Å². The number of benzene rings is 2. The third-order valence-electron chi connectivity index (χ3n) is 4.17. The van der Waals surface area contributed by atoms with E-state index >= 15 is 0 Å². The number of halogens is 1. The maximum atomic E-state index is 13.1. The van der Waals surface area contributed by atoms with Gasteiger partial charge in [0.25, 0.3) is 0 Å². The van der Waals surface area contributed by atoms with E-state index in [0.717, 1.165) is 16.0 Å². The molecule has 0 saturated heterocycles. The Morgan fingerprint density at radius 1 is 1.11 bits per heavy atom. The number of hydrogen-bond acceptors (Lipinski definition) is 4. The first kappa shape index (κ1) is 20.0. The van der Waals surface area contributed by atoms with Crippen LogP contribution >= 0.6 is 23.6 Å². The first-order valence-electron chi connectivity index (χ1n) is 8.56. The second kappa shape index (κ2) is 8.95. The second-order valence-corrected chi connectivity index (χ2v) is 7.61. The van der Waals surface area contributed by atoms with Crippen LogP contribution in [0.4, 0.5) is 15.1 Å². The number of ether oxygens (including phenoxy) is 1. The van der Waals surface area contributed by atoms with Crippen LogP contribution in [0.15, 0.2) is 54.6 Å². The fraction of sp³-hybridized carbons (Fsp3) is 0.143. The van der Waals surface area contributed by atoms with Crippen molar-refractivity contribution >= 4 is 45.3 Å². The Bertz CT molecular complexity index is 986. The molecule has 0 spiro atoms. The molecule has 4 nitrogen and oxygen atoms in total. The van der Waals surface area contributed by atoms with Gasteiger partial charge >= 0.3 is 5.97 Å². The highest BCUT2D eigenvalue weighted by molar-refractivity contribution is 7.80. The summed E-state index contributed by atoms with van der Waals surface area (Å²) < 4.78 is 18.0. The van der Waals surface area contributed by atoms with Gasteiger partial charge in [0.15, 0.2) is 5.11 Å². The number of esters is 1. The Balaban J connectivity index is 1.84. The Morgan fingerprint density at radius 3 is 2.43 bits per heavy atom. The molecule has 0 saturated carbocycles. The van der Waals surface area contributed by atoms with Crippen molar-refractivity contribution in [3.8, 4) is 0 Å². The fourth-order valence-electron chi connectivity index (χ4n) is 2.74. The molecule has 0 fully saturated rings. The number of thiocarbonyl (C=S) groups is 1. The van der Waals surface area contributed by atoms with Crippen LogP contribution in [0, 0.1) is 12.7 Å². The summed E-state index contributed by atoms with van der Waals surface area (Å²) >= 11 is 6.82. The molecule has 144 valence electrons. The molecule has 28 heavy (non-hydrogen) atoms. The van der Waals surface area contributed by atoms with E-state index in [1.54, 1.807) is 12.1 Å². The minimum absolute atomic E-state index is 0.310. The lowest BCUT2D eigenvalue weighted by molar-refractivity contribution is 0.0601. The molecule has 0 unspecified atom stereocenters. The highest BCUT2D eigenvalue weighted by Gasteiger charge is 2.22. The quantitative estimate of drug-likeness (QED) is 0.433. The summed E-state index contributed by atoms with van der Waals surface area (Å²) in [4.78, 5) is 13.4. The average molecular weight is 415 g/mol. The van der Waals surface area contributed by atoms with Gasteiger partial charge in [-0.05, 0) is 54.5 Å². The molecule has 3 aromatic rings. The molecule has 0 bridgehead atoms. The molecule has 0 radical (unpaired) electrons. The van der Waals surface area contributed by atoms with Crippen molar-refractivity contribution in [2.45, 2.75) is 13.3 Å². The lowest BCUT2D eigenvalue weighted by atomic mass is 10.1. The number of carbonyl (C=O) groups is 1. The third kappa shape index (κ3) is 4.74. The largest absolute Gasteiger partial charge is 0.465 e. The molecule has 1 aromatic heterocycles. The smallest absolute Gasteiger partial charge is 0.341 e. The summed E-state index contributed by atoms with van der Waals surface area (Å²) in [6.45, 7) is 1.91. The number of carbonyl (C=O) groups excluding carboxylic acids is 1. The van der Waals surface area contributed by atoms with Gasteiger partial charge < -0.3 is 15.4 Å². The number of anilines is 2. The summed E-state index contributed by atoms with van der Waals surface area (Å²) in [6.07, 6.45) is 0.709. The van der Waals surface area contributed by atoms with Crippen molar-refractivity contribution in [2.24, 2.45) is 0 Å². The Labute approximate surface area is 172 Å². The maximum absolute atomic E-state index is 13.1. The van der Waals surface area contributed by atoms with Crippen molar-refractivity contribution in [1.29, 1.82) is 0 Å². The van der Waals surface area contributed by atoms with Crippen molar-refractivity contribution in [3.05, 3.63) is 82.0 Å². The zero-order valence-corrected chi connectivity index (χ0v) is 17.0. The van der Waals surface area contributed by atoms with Gasteiger partial charge in [0.05, 0.1) is 12.7 Å². The number of rotatable bonds is 5. The van der Waals surface area contributed by atoms with Crippen molar-refractivity contribution in [2.75, 3.05) is 17.7 Å². The van der Waals surface area contributed by atoms with Crippen LogP contribution in [-0.2, 0) is 11.2 Å². The van der Waals surface area contributed by atoms with Gasteiger partial charge in [-0.2, -0.15) is 0 Å². The zero-order chi connectivity index (χ0) is 20.1. The minimum Gasteiger partial charge on any atom is -0.465 e. The van der Waals surface area contributed by atoms with E-state index < -0.39 is 5.97 Å². The summed E-state index contributed by atoms with van der Waals surface area (Å²) in [5.41, 5.74) is 3.15. The minimum atomic E-state index is -0.417. The monoisotopic (exact) mass is 414 g/mol. The molecule has 3 rings (SSSR count). The SMILES string of the molecule is COC(=O)c1c(NC(=S)Nc2ccc(F)cc2)sc(Cc2ccccc2)c1C. The highest BCUT2D eigenvalue weighted by atomic mass is 32.1. The van der Waals surface area contributed by atoms with Crippen LogP contribution < -0.4 is 10.6 Å². The molecule has 2 N–H and O–H groups in total. The third-order valence-corrected chi connectivity index (χ3v) is 5.58. The first-order chi connectivity index (χ1) is 13.5. The molecule has 0 aliphatic rings. The van der Waals surface area contributed by atoms with E-state index in [0.29, 0.717) is 27.8 Å². The molecule has 0 amide bonds. The van der Waals surface area contributed by atoms with Crippen LogP contribution in [-0.4, -0.2) is 18.2 Å². The van der Waals surface area contributed by atoms with Crippen molar-refractivity contribution in [3.63, 3.8) is 0 Å². The number of methoxy groups -OCH3 is 1. The summed E-state index contributed by atoms with van der Waals surface area (Å²) in [5.74, 6) is -0.739. The molecule has 0 aliphatic carbocycles. The first-order valence-corrected chi connectivity index (χ1v) is 9.78. The van der Waals surface area contributed by atoms with Gasteiger partial charge in [0, 0.05) is 17.0 Å². The number of nitrogens with one attached hydrogen (secondary N) is 2. The Kier molecular flexibility index (Phi) is 6.38. The van der Waals surface area contributed by atoms with Gasteiger partial charge in [-0.1, -0.05) is 30.3 Å². The lowest BCUT2D eigenvalue weighted by Gasteiger charge is -2.10. The molecule has 2 aromatic carbocycles. The van der Waals surface area contributed by atoms with Crippen LogP contribution in [0.2, 0.25) is 0 Å². The van der Waals surface area contributed by atoms with E-state index in [1.807, 2.05) is 37.3 Å². The predicted molar refractivity (Wildman–Crippen MR) is 116 cm³/mol. The predicted octanol–water partition coefficient (Wildman–Crippen LogP) is 5.38. The summed E-state index contributed by atoms with van der Waals surface area (Å²) in [6, 6.07) is 15.9. The number of thiophene rings is 1. The van der Waals surface area contributed by atoms with Gasteiger partial charge in [0.1, 0.15) is 10.8 Å². The van der Waals surface area contributed by atoms with E-state index in [4.69, 9.17) is 17.0 Å². The highest BCUT2D eigenvalue weighted by Crippen LogP contribution is 2.35. The molecule has 1 heterocycles. The fourth-order valence-corrected chi connectivity index (χ4v) is 4.26. The van der Waals surface area contributed by atoms with Gasteiger partial charge in [0.2, 0.25) is 0 Å². The van der Waals surface area contributed by atoms with Gasteiger partial charge in [-0.15, -0.1) is 11.3 Å². The zero-order valence-electron chi connectivity index (χ0n) is 15.4. The molecular weight excluding hydrogens is 395 g/mol. The summed E-state index contributed by atoms with van der Waals surface area (Å²) in [5, 5.41) is 7.00. The average Bonchev–Trinajstić information content (AvgIpc) is 2.98. The van der Waals surface area contributed by atoms with Crippen LogP contribution in [0.5, 0.6) is 0 Å². The van der Waals surface area contributed by atoms with E-state index in [-0.39, 0.29) is 5.82 Å². The van der Waals surface area contributed by atoms with Crippen LogP contribution in [0.25, 0.3) is 0 Å². The second-order valence-electron chi connectivity index (χ2n) is 6.09. The molecule has 0 aliphatic heterocycles. The lowest BCUT2D eigenvalue weighted by Crippen LogP contribution is -2.20. The van der Waals surface area contributed by atoms with Gasteiger partial charge in [-0.3, -0.25) is 0 Å². The van der Waals surface area contributed by atoms with E-state index in [1.165, 1.54) is 30.6 Å². The molecule has 7 heteroatoms. The van der Waals surface area contributed by atoms with E-state index in [2.05, 4.69) is 10.6 Å². The topological polar surface area (TPSA) is 50.4 Å². The van der Waals surface area contributed by atoms with Crippen molar-refractivity contribution < 1.29 is 13.9 Å². The normalized spacial score (nSPS) is 10.4. The Morgan fingerprint density at radius 2 is 1.79 bits per heavy atom. The maximum Gasteiger partial charge on any atom is 0.341 e. The van der Waals surface area contributed by atoms with Crippen LogP contribution in [0.3, 0.4) is 0 Å². The standard InChI is InChI=1S/C21H19FN2O2S2/c1-13-17(12-14-6-4-3-5-7-14)28-19(18(13)20(25)26-2)24-21(27)23-16-10-8-15(22)9-11-16/h3-11H,12H2,1-2H3,(H2,23,24,27). The van der Waals surface area contributed by atoms with Crippen LogP contribution in [0.1, 0.15) is 26.4 Å². The molecule has 0 atom stereocenters. The summed E-state index contributed by atoms with van der Waals surface area (Å²) in [7, 11) is 1.36. The Hall–Kier alpha value is -2.77. The number of hydrogen-bond donors (Lipinski definition) is 2. The molecular formula is C21H19FN2O2S2. The van der Waals surface area contributed by atoms with Crippen molar-refractivity contribution in [1.82, 2.24) is 0 Å².